The van der Waals surface area contributed by atoms with Gasteiger partial charge in [-0.2, -0.15) is 5.26 Å². The number of nitrogens with zero attached hydrogens (tertiary/aromatic N) is 2. The highest BCUT2D eigenvalue weighted by molar-refractivity contribution is 8.00. The molecule has 5 nitrogen and oxygen atoms in total. The van der Waals surface area contributed by atoms with Gasteiger partial charge in [-0.05, 0) is 31.2 Å². The molecule has 1 atom stereocenters. The monoisotopic (exact) mass is 351 g/mol. The van der Waals surface area contributed by atoms with Crippen LogP contribution in [0.25, 0.3) is 16.6 Å². The van der Waals surface area contributed by atoms with Gasteiger partial charge in [-0.25, -0.2) is 4.98 Å². The van der Waals surface area contributed by atoms with Gasteiger partial charge >= 0.3 is 0 Å². The van der Waals surface area contributed by atoms with Gasteiger partial charge in [-0.3, -0.25) is 0 Å². The molecule has 0 fully saturated rings. The molecule has 0 bridgehead atoms. The smallest absolute Gasteiger partial charge is 0.152 e. The number of hydrogen-bond acceptors (Lipinski definition) is 5. The lowest BCUT2D eigenvalue weighted by atomic mass is 10.2. The Kier molecular flexibility index (Phi) is 4.96. The van der Waals surface area contributed by atoms with Crippen LogP contribution < -0.4 is 4.74 Å². The third kappa shape index (κ3) is 3.47. The average Bonchev–Trinajstić information content (AvgIpc) is 3.06. The molecule has 6 heteroatoms. The Balaban J connectivity index is 1.94. The third-order valence-corrected chi connectivity index (χ3v) is 4.92. The number of aliphatic hydroxyl groups excluding tert-OH is 1. The number of aromatic nitrogens is 2. The second-order valence-corrected chi connectivity index (χ2v) is 6.77. The number of para-hydroxylation sites is 3. The minimum absolute atomic E-state index is 0.0162. The van der Waals surface area contributed by atoms with Gasteiger partial charge in [0, 0.05) is 0 Å². The highest BCUT2D eigenvalue weighted by Gasteiger charge is 2.20. The van der Waals surface area contributed by atoms with Crippen LogP contribution in [0.3, 0.4) is 0 Å². The van der Waals surface area contributed by atoms with E-state index in [0.29, 0.717) is 5.82 Å². The third-order valence-electron chi connectivity index (χ3n) is 3.75. The van der Waals surface area contributed by atoms with E-state index < -0.39 is 0 Å². The molecule has 0 aliphatic rings. The van der Waals surface area contributed by atoms with Crippen LogP contribution >= 0.6 is 11.8 Å². The summed E-state index contributed by atoms with van der Waals surface area (Å²) in [6.07, 6.45) is 0. The van der Waals surface area contributed by atoms with Crippen LogP contribution in [0.2, 0.25) is 0 Å². The van der Waals surface area contributed by atoms with E-state index in [9.17, 15) is 10.4 Å². The lowest BCUT2D eigenvalue weighted by Crippen LogP contribution is -2.05. The largest absolute Gasteiger partial charge is 0.510 e. The van der Waals surface area contributed by atoms with Crippen molar-refractivity contribution in [3.63, 3.8) is 0 Å². The van der Waals surface area contributed by atoms with Crippen LogP contribution in [0.5, 0.6) is 5.75 Å². The summed E-state index contributed by atoms with van der Waals surface area (Å²) in [4.78, 5) is 8.38. The van der Waals surface area contributed by atoms with Crippen molar-refractivity contribution in [2.45, 2.75) is 17.1 Å². The van der Waals surface area contributed by atoms with Gasteiger partial charge < -0.3 is 14.8 Å². The van der Waals surface area contributed by atoms with Gasteiger partial charge in [0.25, 0.3) is 0 Å². The Morgan fingerprint density at radius 2 is 1.96 bits per heavy atom. The maximum atomic E-state index is 10.6. The standard InChI is InChI=1S/C19H17N3O2S/c1-12(25-17-10-6-5-9-16(17)24-2)18(23)13(11-20)19-21-14-7-3-4-8-15(14)22-19/h3-10,12,23H,1-2H3,(H,21,22)/b18-13+. The first kappa shape index (κ1) is 16.9. The van der Waals surface area contributed by atoms with Crippen molar-refractivity contribution in [1.82, 2.24) is 9.97 Å². The summed E-state index contributed by atoms with van der Waals surface area (Å²) in [7, 11) is 1.61. The summed E-state index contributed by atoms with van der Waals surface area (Å²) in [5, 5.41) is 19.8. The SMILES string of the molecule is COc1ccccc1SC(C)/C(O)=C(/C#N)c1nc2ccccc2[nH]1. The molecule has 0 aliphatic carbocycles. The number of nitriles is 1. The average molecular weight is 351 g/mol. The Bertz CT molecular complexity index is 939. The number of hydrogen-bond donors (Lipinski definition) is 2. The molecule has 0 amide bonds. The lowest BCUT2D eigenvalue weighted by molar-refractivity contribution is 0.399. The van der Waals surface area contributed by atoms with Crippen molar-refractivity contribution < 1.29 is 9.84 Å². The number of allylic oxidation sites excluding steroid dienone is 1. The summed E-state index contributed by atoms with van der Waals surface area (Å²) in [6, 6.07) is 17.1. The second-order valence-electron chi connectivity index (χ2n) is 5.39. The van der Waals surface area contributed by atoms with E-state index in [2.05, 4.69) is 16.0 Å². The first-order valence-corrected chi connectivity index (χ1v) is 8.60. The maximum Gasteiger partial charge on any atom is 0.152 e. The van der Waals surface area contributed by atoms with Crippen molar-refractivity contribution in [1.29, 1.82) is 5.26 Å². The zero-order valence-electron chi connectivity index (χ0n) is 13.9. The summed E-state index contributed by atoms with van der Waals surface area (Å²) >= 11 is 1.42. The number of fused-ring (bicyclic) bond motifs is 1. The number of ether oxygens (including phenoxy) is 1. The number of aliphatic hydroxyl groups is 1. The molecule has 2 aromatic carbocycles. The summed E-state index contributed by atoms with van der Waals surface area (Å²) in [5.74, 6) is 1.08. The van der Waals surface area contributed by atoms with E-state index in [0.717, 1.165) is 21.7 Å². The molecule has 1 heterocycles. The molecule has 0 radical (unpaired) electrons. The molecular formula is C19H17N3O2S. The van der Waals surface area contributed by atoms with Crippen molar-refractivity contribution >= 4 is 28.4 Å². The van der Waals surface area contributed by atoms with Crippen LogP contribution in [0.4, 0.5) is 0 Å². The summed E-state index contributed by atoms with van der Waals surface area (Å²) in [5.41, 5.74) is 1.72. The molecule has 0 aliphatic heterocycles. The van der Waals surface area contributed by atoms with Crippen molar-refractivity contribution in [2.75, 3.05) is 7.11 Å². The molecule has 25 heavy (non-hydrogen) atoms. The van der Waals surface area contributed by atoms with Crippen molar-refractivity contribution in [2.24, 2.45) is 0 Å². The number of H-pyrrole nitrogens is 1. The fraction of sp³-hybridized carbons (Fsp3) is 0.158. The summed E-state index contributed by atoms with van der Waals surface area (Å²) in [6.45, 7) is 1.84. The minimum Gasteiger partial charge on any atom is -0.510 e. The topological polar surface area (TPSA) is 81.9 Å². The molecule has 1 unspecified atom stereocenters. The maximum absolute atomic E-state index is 10.6. The summed E-state index contributed by atoms with van der Waals surface area (Å²) < 4.78 is 5.34. The molecule has 3 rings (SSSR count). The normalized spacial score (nSPS) is 13.2. The molecule has 1 aromatic heterocycles. The van der Waals surface area contributed by atoms with Gasteiger partial charge in [0.05, 0.1) is 28.3 Å². The van der Waals surface area contributed by atoms with E-state index >= 15 is 0 Å². The Hall–Kier alpha value is -2.91. The Labute approximate surface area is 150 Å². The fourth-order valence-electron chi connectivity index (χ4n) is 2.47. The van der Waals surface area contributed by atoms with E-state index in [-0.39, 0.29) is 16.6 Å². The number of thioether (sulfide) groups is 1. The van der Waals surface area contributed by atoms with Crippen LogP contribution in [-0.2, 0) is 0 Å². The highest BCUT2D eigenvalue weighted by atomic mass is 32.2. The van der Waals surface area contributed by atoms with Crippen LogP contribution in [0, 0.1) is 11.3 Å². The van der Waals surface area contributed by atoms with E-state index in [1.165, 1.54) is 11.8 Å². The number of aromatic amines is 1. The van der Waals surface area contributed by atoms with E-state index in [1.807, 2.05) is 55.5 Å². The van der Waals surface area contributed by atoms with Gasteiger partial charge in [-0.1, -0.05) is 24.3 Å². The zero-order chi connectivity index (χ0) is 17.8. The Morgan fingerprint density at radius 1 is 1.24 bits per heavy atom. The molecule has 2 N–H and O–H groups in total. The number of nitrogens with one attached hydrogen (secondary N) is 1. The highest BCUT2D eigenvalue weighted by Crippen LogP contribution is 2.35. The van der Waals surface area contributed by atoms with Crippen molar-refractivity contribution in [3.8, 4) is 11.8 Å². The van der Waals surface area contributed by atoms with Crippen LogP contribution in [0.15, 0.2) is 59.2 Å². The lowest BCUT2D eigenvalue weighted by Gasteiger charge is -2.14. The second kappa shape index (κ2) is 7.32. The van der Waals surface area contributed by atoms with E-state index in [4.69, 9.17) is 4.74 Å². The molecule has 0 saturated heterocycles. The van der Waals surface area contributed by atoms with Crippen molar-refractivity contribution in [3.05, 3.63) is 60.1 Å². The van der Waals surface area contributed by atoms with Gasteiger partial charge in [0.1, 0.15) is 23.2 Å². The van der Waals surface area contributed by atoms with Crippen LogP contribution in [-0.4, -0.2) is 27.4 Å². The molecule has 0 spiro atoms. The van der Waals surface area contributed by atoms with Gasteiger partial charge in [-0.15, -0.1) is 11.8 Å². The minimum atomic E-state index is -0.334. The number of methoxy groups -OCH3 is 1. The number of imidazole rings is 1. The molecule has 3 aromatic rings. The first-order chi connectivity index (χ1) is 12.1. The molecule has 0 saturated carbocycles. The van der Waals surface area contributed by atoms with E-state index in [1.54, 1.807) is 7.11 Å². The van der Waals surface area contributed by atoms with Crippen LogP contribution in [0.1, 0.15) is 12.7 Å². The predicted molar refractivity (Wildman–Crippen MR) is 99.6 cm³/mol. The first-order valence-electron chi connectivity index (χ1n) is 7.72. The number of benzene rings is 2. The quantitative estimate of drug-likeness (QED) is 0.400. The zero-order valence-corrected chi connectivity index (χ0v) is 14.7. The molecular weight excluding hydrogens is 334 g/mol. The fourth-order valence-corrected chi connectivity index (χ4v) is 3.50. The van der Waals surface area contributed by atoms with Gasteiger partial charge in [0.15, 0.2) is 5.82 Å². The molecule has 126 valence electrons. The Morgan fingerprint density at radius 3 is 2.68 bits per heavy atom. The number of rotatable bonds is 5. The predicted octanol–water partition coefficient (Wildman–Crippen LogP) is 4.54. The van der Waals surface area contributed by atoms with Gasteiger partial charge in [0.2, 0.25) is 0 Å².